The predicted octanol–water partition coefficient (Wildman–Crippen LogP) is 1.05. The molecule has 1 unspecified atom stereocenters. The molecule has 0 aromatic heterocycles. The first-order valence-corrected chi connectivity index (χ1v) is 7.56. The van der Waals surface area contributed by atoms with Crippen LogP contribution in [0.4, 0.5) is 4.39 Å². The van der Waals surface area contributed by atoms with E-state index >= 15 is 0 Å². The lowest BCUT2D eigenvalue weighted by molar-refractivity contribution is -0.132. The van der Waals surface area contributed by atoms with Gasteiger partial charge in [-0.3, -0.25) is 4.79 Å². The lowest BCUT2D eigenvalue weighted by atomic mass is 10.1. The minimum atomic E-state index is -0.412. The molecular formula is C16H24FN3O2. The van der Waals surface area contributed by atoms with Crippen molar-refractivity contribution in [3.63, 3.8) is 0 Å². The molecule has 122 valence electrons. The number of amides is 1. The molecule has 3 atom stereocenters. The molecule has 1 aliphatic heterocycles. The van der Waals surface area contributed by atoms with Gasteiger partial charge in [0.05, 0.1) is 12.1 Å². The molecule has 2 rings (SSSR count). The van der Waals surface area contributed by atoms with Crippen LogP contribution in [-0.2, 0) is 9.53 Å². The molecule has 1 aromatic rings. The molecule has 3 N–H and O–H groups in total. The van der Waals surface area contributed by atoms with E-state index in [4.69, 9.17) is 10.5 Å². The zero-order valence-electron chi connectivity index (χ0n) is 13.1. The molecule has 1 aliphatic rings. The molecule has 0 bridgehead atoms. The maximum atomic E-state index is 13.0. The van der Waals surface area contributed by atoms with Crippen LogP contribution in [0.5, 0.6) is 0 Å². The molecule has 0 aliphatic carbocycles. The van der Waals surface area contributed by atoms with Crippen LogP contribution >= 0.6 is 0 Å². The highest BCUT2D eigenvalue weighted by Gasteiger charge is 2.30. The van der Waals surface area contributed by atoms with Gasteiger partial charge in [0.15, 0.2) is 0 Å². The van der Waals surface area contributed by atoms with Crippen LogP contribution in [0.2, 0.25) is 0 Å². The van der Waals surface area contributed by atoms with Gasteiger partial charge < -0.3 is 20.7 Å². The fourth-order valence-corrected chi connectivity index (χ4v) is 2.67. The largest absolute Gasteiger partial charge is 0.364 e. The van der Waals surface area contributed by atoms with Crippen LogP contribution in [0.25, 0.3) is 0 Å². The molecule has 22 heavy (non-hydrogen) atoms. The van der Waals surface area contributed by atoms with Crippen molar-refractivity contribution in [1.29, 1.82) is 0 Å². The van der Waals surface area contributed by atoms with E-state index in [-0.39, 0.29) is 23.9 Å². The monoisotopic (exact) mass is 309 g/mol. The van der Waals surface area contributed by atoms with Crippen LogP contribution < -0.4 is 11.1 Å². The number of rotatable bonds is 6. The Morgan fingerprint density at radius 3 is 2.64 bits per heavy atom. The third kappa shape index (κ3) is 4.25. The number of carbonyl (C=O) groups is 1. The summed E-state index contributed by atoms with van der Waals surface area (Å²) in [5, 5.41) is 2.92. The Morgan fingerprint density at radius 1 is 1.41 bits per heavy atom. The van der Waals surface area contributed by atoms with E-state index in [0.29, 0.717) is 19.5 Å². The minimum absolute atomic E-state index is 0.0162. The van der Waals surface area contributed by atoms with Crippen molar-refractivity contribution in [2.24, 2.45) is 5.73 Å². The van der Waals surface area contributed by atoms with Crippen molar-refractivity contribution in [1.82, 2.24) is 10.2 Å². The van der Waals surface area contributed by atoms with Gasteiger partial charge in [0.2, 0.25) is 5.91 Å². The number of nitrogens with one attached hydrogen (secondary N) is 1. The molecule has 1 aromatic carbocycles. The van der Waals surface area contributed by atoms with Gasteiger partial charge in [0.1, 0.15) is 11.9 Å². The summed E-state index contributed by atoms with van der Waals surface area (Å²) in [7, 11) is 3.85. The highest BCUT2D eigenvalue weighted by molar-refractivity contribution is 5.81. The van der Waals surface area contributed by atoms with Crippen LogP contribution in [0.1, 0.15) is 24.4 Å². The molecular weight excluding hydrogens is 285 g/mol. The summed E-state index contributed by atoms with van der Waals surface area (Å²) in [6.45, 7) is 0.893. The van der Waals surface area contributed by atoms with Crippen molar-refractivity contribution in [2.75, 3.05) is 27.2 Å². The number of ether oxygens (including phenoxy) is 1. The lowest BCUT2D eigenvalue weighted by Crippen LogP contribution is -2.40. The van der Waals surface area contributed by atoms with Gasteiger partial charge in [0.25, 0.3) is 0 Å². The predicted molar refractivity (Wildman–Crippen MR) is 82.8 cm³/mol. The van der Waals surface area contributed by atoms with Gasteiger partial charge in [0, 0.05) is 13.1 Å². The Kier molecular flexibility index (Phi) is 5.88. The molecule has 6 heteroatoms. The Balaban J connectivity index is 1.92. The van der Waals surface area contributed by atoms with Crippen LogP contribution in [0, 0.1) is 5.82 Å². The molecule has 0 spiro atoms. The second-order valence-electron chi connectivity index (χ2n) is 5.84. The van der Waals surface area contributed by atoms with Crippen molar-refractivity contribution in [3.05, 3.63) is 35.6 Å². The Labute approximate surface area is 130 Å². The van der Waals surface area contributed by atoms with Crippen LogP contribution in [0.15, 0.2) is 24.3 Å². The number of hydrogen-bond donors (Lipinski definition) is 2. The minimum Gasteiger partial charge on any atom is -0.364 e. The number of nitrogens with zero attached hydrogens (tertiary/aromatic N) is 1. The van der Waals surface area contributed by atoms with E-state index < -0.39 is 6.10 Å². The quantitative estimate of drug-likeness (QED) is 0.824. The van der Waals surface area contributed by atoms with Gasteiger partial charge in [-0.15, -0.1) is 0 Å². The van der Waals surface area contributed by atoms with Crippen molar-refractivity contribution < 1.29 is 13.9 Å². The maximum Gasteiger partial charge on any atom is 0.249 e. The van der Waals surface area contributed by atoms with Gasteiger partial charge in [-0.25, -0.2) is 4.39 Å². The van der Waals surface area contributed by atoms with Gasteiger partial charge in [-0.1, -0.05) is 12.1 Å². The molecule has 1 amide bonds. The van der Waals surface area contributed by atoms with Crippen molar-refractivity contribution in [3.8, 4) is 0 Å². The first-order valence-electron chi connectivity index (χ1n) is 7.56. The summed E-state index contributed by atoms with van der Waals surface area (Å²) in [6.07, 6.45) is 1.10. The molecule has 0 saturated carbocycles. The number of likely N-dealkylation sites (N-methyl/N-ethyl adjacent to an activating group) is 1. The zero-order valence-corrected chi connectivity index (χ0v) is 13.1. The summed E-state index contributed by atoms with van der Waals surface area (Å²) in [5.74, 6) is -0.373. The van der Waals surface area contributed by atoms with E-state index in [2.05, 4.69) is 5.32 Å². The lowest BCUT2D eigenvalue weighted by Gasteiger charge is -2.25. The summed E-state index contributed by atoms with van der Waals surface area (Å²) in [5.41, 5.74) is 6.51. The summed E-state index contributed by atoms with van der Waals surface area (Å²) in [4.78, 5) is 14.2. The number of hydrogen-bond acceptors (Lipinski definition) is 4. The van der Waals surface area contributed by atoms with Crippen molar-refractivity contribution >= 4 is 5.91 Å². The SMILES string of the molecule is CN(C)C(CNC(=O)[C@@H]1CC[C@H](CN)O1)c1ccc(F)cc1. The number of benzene rings is 1. The highest BCUT2D eigenvalue weighted by atomic mass is 19.1. The van der Waals surface area contributed by atoms with E-state index in [1.807, 2.05) is 19.0 Å². The summed E-state index contributed by atoms with van der Waals surface area (Å²) in [6, 6.07) is 6.32. The standard InChI is InChI=1S/C16H24FN3O2/c1-20(2)14(11-3-5-12(17)6-4-11)10-19-16(21)15-8-7-13(9-18)22-15/h3-6,13-15H,7-10,18H2,1-2H3,(H,19,21)/t13-,14?,15+/m1/s1. The number of carbonyl (C=O) groups excluding carboxylic acids is 1. The van der Waals surface area contributed by atoms with Gasteiger partial charge in [-0.05, 0) is 44.6 Å². The van der Waals surface area contributed by atoms with E-state index in [0.717, 1.165) is 12.0 Å². The van der Waals surface area contributed by atoms with Gasteiger partial charge >= 0.3 is 0 Å². The number of nitrogens with two attached hydrogens (primary N) is 1. The normalized spacial score (nSPS) is 22.8. The Morgan fingerprint density at radius 2 is 2.09 bits per heavy atom. The summed E-state index contributed by atoms with van der Waals surface area (Å²) < 4.78 is 18.6. The summed E-state index contributed by atoms with van der Waals surface area (Å²) >= 11 is 0. The molecule has 1 fully saturated rings. The van der Waals surface area contributed by atoms with E-state index in [9.17, 15) is 9.18 Å². The molecule has 1 saturated heterocycles. The average Bonchev–Trinajstić information content (AvgIpc) is 2.98. The van der Waals surface area contributed by atoms with Gasteiger partial charge in [-0.2, -0.15) is 0 Å². The average molecular weight is 309 g/mol. The third-order valence-corrected chi connectivity index (χ3v) is 4.01. The van der Waals surface area contributed by atoms with Crippen LogP contribution in [0.3, 0.4) is 0 Å². The molecule has 5 nitrogen and oxygen atoms in total. The Hall–Kier alpha value is -1.50. The Bertz CT molecular complexity index is 493. The third-order valence-electron chi connectivity index (χ3n) is 4.01. The molecule has 0 radical (unpaired) electrons. The second-order valence-corrected chi connectivity index (χ2v) is 5.84. The highest BCUT2D eigenvalue weighted by Crippen LogP contribution is 2.20. The zero-order chi connectivity index (χ0) is 16.1. The van der Waals surface area contributed by atoms with E-state index in [1.54, 1.807) is 12.1 Å². The first-order chi connectivity index (χ1) is 10.5. The van der Waals surface area contributed by atoms with Crippen molar-refractivity contribution in [2.45, 2.75) is 31.1 Å². The maximum absolute atomic E-state index is 13.0. The second kappa shape index (κ2) is 7.67. The molecule has 1 heterocycles. The fraction of sp³-hybridized carbons (Fsp3) is 0.562. The van der Waals surface area contributed by atoms with Crippen LogP contribution in [-0.4, -0.2) is 50.2 Å². The smallest absolute Gasteiger partial charge is 0.249 e. The number of halogens is 1. The topological polar surface area (TPSA) is 67.6 Å². The van der Waals surface area contributed by atoms with E-state index in [1.165, 1.54) is 12.1 Å². The fourth-order valence-electron chi connectivity index (χ4n) is 2.67. The first kappa shape index (κ1) is 16.9.